The standard InChI is InChI=1S/C8H6ClNO2/c1-5(4-10)7(11)6-2-3-12-8(6)9/h2-3,5H,1H3. The summed E-state index contributed by atoms with van der Waals surface area (Å²) >= 11 is 5.54. The van der Waals surface area contributed by atoms with Crippen LogP contribution >= 0.6 is 11.6 Å². The van der Waals surface area contributed by atoms with Crippen molar-refractivity contribution < 1.29 is 9.21 Å². The number of furan rings is 1. The van der Waals surface area contributed by atoms with Gasteiger partial charge in [0.1, 0.15) is 5.92 Å². The SMILES string of the molecule is CC(C#N)C(=O)c1ccoc1Cl. The van der Waals surface area contributed by atoms with Crippen LogP contribution in [0.2, 0.25) is 5.22 Å². The number of hydrogen-bond acceptors (Lipinski definition) is 3. The number of nitrogens with zero attached hydrogens (tertiary/aromatic N) is 1. The molecule has 0 saturated carbocycles. The summed E-state index contributed by atoms with van der Waals surface area (Å²) in [5.41, 5.74) is 0.269. The van der Waals surface area contributed by atoms with Gasteiger partial charge in [0, 0.05) is 0 Å². The van der Waals surface area contributed by atoms with E-state index in [0.717, 1.165) is 0 Å². The van der Waals surface area contributed by atoms with Gasteiger partial charge in [0.25, 0.3) is 0 Å². The second-order valence-corrected chi connectivity index (χ2v) is 2.67. The van der Waals surface area contributed by atoms with Crippen LogP contribution in [-0.2, 0) is 0 Å². The second-order valence-electron chi connectivity index (χ2n) is 2.32. The lowest BCUT2D eigenvalue weighted by Crippen LogP contribution is -2.08. The third kappa shape index (κ3) is 1.49. The molecule has 0 bridgehead atoms. The Bertz CT molecular complexity index is 337. The number of carbonyl (C=O) groups excluding carboxylic acids is 1. The van der Waals surface area contributed by atoms with Crippen LogP contribution in [0.3, 0.4) is 0 Å². The lowest BCUT2D eigenvalue weighted by molar-refractivity contribution is 0.0956. The van der Waals surface area contributed by atoms with E-state index in [4.69, 9.17) is 21.3 Å². The molecule has 4 heteroatoms. The largest absolute Gasteiger partial charge is 0.452 e. The fraction of sp³-hybridized carbons (Fsp3) is 0.250. The summed E-state index contributed by atoms with van der Waals surface area (Å²) in [5, 5.41) is 8.49. The van der Waals surface area contributed by atoms with Gasteiger partial charge in [-0.1, -0.05) is 0 Å². The summed E-state index contributed by atoms with van der Waals surface area (Å²) in [6.45, 7) is 1.52. The predicted molar refractivity (Wildman–Crippen MR) is 42.8 cm³/mol. The smallest absolute Gasteiger partial charge is 0.203 e. The van der Waals surface area contributed by atoms with Gasteiger partial charge in [0.2, 0.25) is 5.22 Å². The van der Waals surface area contributed by atoms with Crippen LogP contribution in [0.4, 0.5) is 0 Å². The molecule has 1 heterocycles. The van der Waals surface area contributed by atoms with Gasteiger partial charge in [-0.3, -0.25) is 4.79 Å². The summed E-state index contributed by atoms with van der Waals surface area (Å²) in [6.07, 6.45) is 1.32. The van der Waals surface area contributed by atoms with E-state index in [1.54, 1.807) is 0 Å². The summed E-state index contributed by atoms with van der Waals surface area (Å²) in [5.74, 6) is -0.989. The van der Waals surface area contributed by atoms with Crippen molar-refractivity contribution in [1.29, 1.82) is 5.26 Å². The average Bonchev–Trinajstić information content (AvgIpc) is 2.48. The van der Waals surface area contributed by atoms with Crippen molar-refractivity contribution in [3.05, 3.63) is 23.1 Å². The van der Waals surface area contributed by atoms with E-state index in [9.17, 15) is 4.79 Å². The second kappa shape index (κ2) is 3.42. The molecule has 62 valence electrons. The van der Waals surface area contributed by atoms with Gasteiger partial charge >= 0.3 is 0 Å². The molecule has 1 rings (SSSR count). The molecule has 0 saturated heterocycles. The number of Topliss-reactive ketones (excluding diaryl/α,β-unsaturated/α-hetero) is 1. The first-order valence-corrected chi connectivity index (χ1v) is 3.71. The van der Waals surface area contributed by atoms with E-state index in [0.29, 0.717) is 0 Å². The summed E-state index contributed by atoms with van der Waals surface area (Å²) in [7, 11) is 0. The highest BCUT2D eigenvalue weighted by atomic mass is 35.5. The molecule has 0 radical (unpaired) electrons. The zero-order valence-electron chi connectivity index (χ0n) is 6.37. The Labute approximate surface area is 74.5 Å². The van der Waals surface area contributed by atoms with Crippen LogP contribution in [-0.4, -0.2) is 5.78 Å². The van der Waals surface area contributed by atoms with Crippen molar-refractivity contribution in [2.45, 2.75) is 6.92 Å². The summed E-state index contributed by atoms with van der Waals surface area (Å²) in [4.78, 5) is 11.3. The third-order valence-electron chi connectivity index (χ3n) is 1.47. The highest BCUT2D eigenvalue weighted by molar-refractivity contribution is 6.32. The molecule has 0 aliphatic rings. The van der Waals surface area contributed by atoms with E-state index in [2.05, 4.69) is 0 Å². The summed E-state index contributed by atoms with van der Waals surface area (Å²) < 4.78 is 4.72. The molecule has 12 heavy (non-hydrogen) atoms. The Kier molecular flexibility index (Phi) is 2.51. The number of hydrogen-bond donors (Lipinski definition) is 0. The zero-order chi connectivity index (χ0) is 9.14. The molecular weight excluding hydrogens is 178 g/mol. The first-order valence-electron chi connectivity index (χ1n) is 3.33. The minimum Gasteiger partial charge on any atom is -0.452 e. The van der Waals surface area contributed by atoms with Crippen LogP contribution in [0.25, 0.3) is 0 Å². The van der Waals surface area contributed by atoms with E-state index in [-0.39, 0.29) is 16.6 Å². The molecule has 1 atom stereocenters. The molecule has 1 unspecified atom stereocenters. The highest BCUT2D eigenvalue weighted by Crippen LogP contribution is 2.19. The van der Waals surface area contributed by atoms with Crippen LogP contribution < -0.4 is 0 Å². The van der Waals surface area contributed by atoms with Gasteiger partial charge in [0.15, 0.2) is 5.78 Å². The van der Waals surface area contributed by atoms with Gasteiger partial charge < -0.3 is 4.42 Å². The Morgan fingerprint density at radius 3 is 2.92 bits per heavy atom. The topological polar surface area (TPSA) is 54.0 Å². The quantitative estimate of drug-likeness (QED) is 0.661. The number of halogens is 1. The maximum Gasteiger partial charge on any atom is 0.203 e. The molecule has 0 N–H and O–H groups in total. The Balaban J connectivity index is 2.94. The molecule has 0 amide bonds. The molecule has 3 nitrogen and oxygen atoms in total. The number of carbonyl (C=O) groups is 1. The van der Waals surface area contributed by atoms with Gasteiger partial charge in [-0.15, -0.1) is 0 Å². The lowest BCUT2D eigenvalue weighted by atomic mass is 10.0. The molecular formula is C8H6ClNO2. The molecule has 0 aliphatic carbocycles. The fourth-order valence-electron chi connectivity index (χ4n) is 0.762. The van der Waals surface area contributed by atoms with Crippen LogP contribution in [0.15, 0.2) is 16.7 Å². The Hall–Kier alpha value is -1.27. The average molecular weight is 184 g/mol. The molecule has 0 fully saturated rings. The van der Waals surface area contributed by atoms with E-state index >= 15 is 0 Å². The van der Waals surface area contributed by atoms with Gasteiger partial charge in [-0.05, 0) is 24.6 Å². The van der Waals surface area contributed by atoms with Crippen LogP contribution in [0, 0.1) is 17.2 Å². The van der Waals surface area contributed by atoms with Gasteiger partial charge in [-0.2, -0.15) is 5.26 Å². The highest BCUT2D eigenvalue weighted by Gasteiger charge is 2.18. The van der Waals surface area contributed by atoms with Crippen LogP contribution in [0.1, 0.15) is 17.3 Å². The van der Waals surface area contributed by atoms with E-state index in [1.165, 1.54) is 19.3 Å². The summed E-state index contributed by atoms with van der Waals surface area (Å²) in [6, 6.07) is 3.29. The molecule has 0 spiro atoms. The van der Waals surface area contributed by atoms with E-state index < -0.39 is 5.92 Å². The minimum atomic E-state index is -0.680. The maximum absolute atomic E-state index is 11.3. The van der Waals surface area contributed by atoms with Crippen molar-refractivity contribution in [2.24, 2.45) is 5.92 Å². The first-order chi connectivity index (χ1) is 5.66. The Morgan fingerprint density at radius 1 is 1.83 bits per heavy atom. The first kappa shape index (κ1) is 8.82. The fourth-order valence-corrected chi connectivity index (χ4v) is 0.969. The van der Waals surface area contributed by atoms with Gasteiger partial charge in [0.05, 0.1) is 17.9 Å². The number of nitriles is 1. The van der Waals surface area contributed by atoms with Crippen LogP contribution in [0.5, 0.6) is 0 Å². The molecule has 1 aromatic heterocycles. The maximum atomic E-state index is 11.3. The van der Waals surface area contributed by atoms with Crippen molar-refractivity contribution in [3.8, 4) is 6.07 Å². The van der Waals surface area contributed by atoms with Crippen molar-refractivity contribution in [1.82, 2.24) is 0 Å². The molecule has 1 aromatic rings. The zero-order valence-corrected chi connectivity index (χ0v) is 7.13. The Morgan fingerprint density at radius 2 is 2.50 bits per heavy atom. The van der Waals surface area contributed by atoms with Crippen molar-refractivity contribution in [3.63, 3.8) is 0 Å². The third-order valence-corrected chi connectivity index (χ3v) is 1.76. The minimum absolute atomic E-state index is 0.0436. The van der Waals surface area contributed by atoms with Gasteiger partial charge in [-0.25, -0.2) is 0 Å². The normalized spacial score (nSPS) is 12.1. The van der Waals surface area contributed by atoms with E-state index in [1.807, 2.05) is 6.07 Å². The van der Waals surface area contributed by atoms with Crippen molar-refractivity contribution >= 4 is 17.4 Å². The molecule has 0 aliphatic heterocycles. The predicted octanol–water partition coefficient (Wildman–Crippen LogP) is 2.28. The van der Waals surface area contributed by atoms with Crippen molar-refractivity contribution in [2.75, 3.05) is 0 Å². The monoisotopic (exact) mass is 183 g/mol. The molecule has 0 aromatic carbocycles. The number of rotatable bonds is 2. The number of ketones is 1. The lowest BCUT2D eigenvalue weighted by Gasteiger charge is -1.97.